The molecule has 2 rings (SSSR count). The lowest BCUT2D eigenvalue weighted by atomic mass is 10.1. The standard InChI is InChI=1S/C15H20FN3O/c1-11(17)10-13-4-3-5-14(16)15(13)20-9-8-19-7-6-18-12(19)2/h3-7,11H,8-10,17H2,1-2H3. The van der Waals surface area contributed by atoms with Crippen molar-refractivity contribution in [3.05, 3.63) is 47.8 Å². The average molecular weight is 277 g/mol. The second-order valence-corrected chi connectivity index (χ2v) is 4.93. The van der Waals surface area contributed by atoms with Gasteiger partial charge in [-0.1, -0.05) is 12.1 Å². The molecular weight excluding hydrogens is 257 g/mol. The van der Waals surface area contributed by atoms with Crippen molar-refractivity contribution in [1.82, 2.24) is 9.55 Å². The molecule has 0 spiro atoms. The van der Waals surface area contributed by atoms with Crippen LogP contribution >= 0.6 is 0 Å². The molecule has 1 aromatic heterocycles. The number of benzene rings is 1. The quantitative estimate of drug-likeness (QED) is 0.881. The highest BCUT2D eigenvalue weighted by atomic mass is 19.1. The van der Waals surface area contributed by atoms with Gasteiger partial charge in [-0.3, -0.25) is 0 Å². The summed E-state index contributed by atoms with van der Waals surface area (Å²) < 4.78 is 21.4. The monoisotopic (exact) mass is 277 g/mol. The van der Waals surface area contributed by atoms with Crippen LogP contribution in [0.1, 0.15) is 18.3 Å². The fraction of sp³-hybridized carbons (Fsp3) is 0.400. The van der Waals surface area contributed by atoms with Gasteiger partial charge in [0.2, 0.25) is 0 Å². The zero-order valence-electron chi connectivity index (χ0n) is 11.8. The summed E-state index contributed by atoms with van der Waals surface area (Å²) in [6.45, 7) is 4.84. The third-order valence-electron chi connectivity index (χ3n) is 3.09. The predicted octanol–water partition coefficient (Wildman–Crippen LogP) is 2.30. The zero-order chi connectivity index (χ0) is 14.5. The molecule has 4 nitrogen and oxygen atoms in total. The first-order valence-electron chi connectivity index (χ1n) is 6.71. The summed E-state index contributed by atoms with van der Waals surface area (Å²) in [5.74, 6) is 0.881. The van der Waals surface area contributed by atoms with Crippen LogP contribution in [0, 0.1) is 12.7 Å². The van der Waals surface area contributed by atoms with Gasteiger partial charge in [0.1, 0.15) is 12.4 Å². The van der Waals surface area contributed by atoms with E-state index in [2.05, 4.69) is 4.98 Å². The molecule has 2 N–H and O–H groups in total. The van der Waals surface area contributed by atoms with E-state index in [9.17, 15) is 4.39 Å². The fourth-order valence-corrected chi connectivity index (χ4v) is 2.11. The molecule has 2 aromatic rings. The van der Waals surface area contributed by atoms with E-state index < -0.39 is 0 Å². The summed E-state index contributed by atoms with van der Waals surface area (Å²) in [6.07, 6.45) is 4.21. The summed E-state index contributed by atoms with van der Waals surface area (Å²) in [7, 11) is 0. The number of ether oxygens (including phenoxy) is 1. The summed E-state index contributed by atoms with van der Waals surface area (Å²) in [6, 6.07) is 4.90. The highest BCUT2D eigenvalue weighted by Gasteiger charge is 2.11. The van der Waals surface area contributed by atoms with E-state index in [-0.39, 0.29) is 11.9 Å². The highest BCUT2D eigenvalue weighted by molar-refractivity contribution is 5.35. The Morgan fingerprint density at radius 2 is 2.25 bits per heavy atom. The Kier molecular flexibility index (Phi) is 4.74. The minimum atomic E-state index is -0.342. The number of hydrogen-bond acceptors (Lipinski definition) is 3. The van der Waals surface area contributed by atoms with Gasteiger partial charge in [-0.15, -0.1) is 0 Å². The molecule has 0 radical (unpaired) electrons. The summed E-state index contributed by atoms with van der Waals surface area (Å²) in [5.41, 5.74) is 6.59. The number of halogens is 1. The van der Waals surface area contributed by atoms with Crippen LogP contribution in [0.3, 0.4) is 0 Å². The Morgan fingerprint density at radius 3 is 2.90 bits per heavy atom. The first-order chi connectivity index (χ1) is 9.58. The van der Waals surface area contributed by atoms with Gasteiger partial charge < -0.3 is 15.0 Å². The van der Waals surface area contributed by atoms with Gasteiger partial charge in [-0.05, 0) is 31.9 Å². The van der Waals surface area contributed by atoms with E-state index in [0.717, 1.165) is 11.4 Å². The SMILES string of the molecule is Cc1nccn1CCOc1c(F)cccc1CC(C)N. The largest absolute Gasteiger partial charge is 0.488 e. The maximum atomic E-state index is 13.9. The van der Waals surface area contributed by atoms with Gasteiger partial charge in [0.15, 0.2) is 11.6 Å². The number of nitrogens with zero attached hydrogens (tertiary/aromatic N) is 2. The van der Waals surface area contributed by atoms with Gasteiger partial charge in [-0.25, -0.2) is 9.37 Å². The molecule has 0 amide bonds. The molecule has 0 saturated carbocycles. The van der Waals surface area contributed by atoms with Crippen molar-refractivity contribution < 1.29 is 9.13 Å². The molecule has 5 heteroatoms. The van der Waals surface area contributed by atoms with Gasteiger partial charge in [0.25, 0.3) is 0 Å². The van der Waals surface area contributed by atoms with E-state index in [1.165, 1.54) is 6.07 Å². The van der Waals surface area contributed by atoms with Crippen LogP contribution in [0.2, 0.25) is 0 Å². The van der Waals surface area contributed by atoms with Crippen LogP contribution in [0.25, 0.3) is 0 Å². The summed E-state index contributed by atoms with van der Waals surface area (Å²) in [5, 5.41) is 0. The third kappa shape index (κ3) is 3.57. The molecular formula is C15H20FN3O. The van der Waals surface area contributed by atoms with Crippen molar-refractivity contribution in [3.63, 3.8) is 0 Å². The lowest BCUT2D eigenvalue weighted by Crippen LogP contribution is -2.19. The number of hydrogen-bond donors (Lipinski definition) is 1. The lowest BCUT2D eigenvalue weighted by molar-refractivity contribution is 0.280. The Bertz CT molecular complexity index is 566. The maximum absolute atomic E-state index is 13.9. The van der Waals surface area contributed by atoms with Crippen molar-refractivity contribution in [3.8, 4) is 5.75 Å². The Labute approximate surface area is 118 Å². The molecule has 0 aliphatic carbocycles. The highest BCUT2D eigenvalue weighted by Crippen LogP contribution is 2.23. The zero-order valence-corrected chi connectivity index (χ0v) is 11.8. The molecule has 20 heavy (non-hydrogen) atoms. The minimum Gasteiger partial charge on any atom is -0.488 e. The van der Waals surface area contributed by atoms with E-state index in [0.29, 0.717) is 25.3 Å². The second kappa shape index (κ2) is 6.52. The van der Waals surface area contributed by atoms with Crippen LogP contribution in [-0.4, -0.2) is 22.2 Å². The topological polar surface area (TPSA) is 53.1 Å². The molecule has 0 aliphatic rings. The molecule has 0 saturated heterocycles. The predicted molar refractivity (Wildman–Crippen MR) is 76.2 cm³/mol. The Hall–Kier alpha value is -1.88. The first-order valence-corrected chi connectivity index (χ1v) is 6.71. The van der Waals surface area contributed by atoms with Crippen LogP contribution in [0.5, 0.6) is 5.75 Å². The maximum Gasteiger partial charge on any atom is 0.165 e. The molecule has 0 fully saturated rings. The second-order valence-electron chi connectivity index (χ2n) is 4.93. The van der Waals surface area contributed by atoms with Crippen molar-refractivity contribution in [2.45, 2.75) is 32.9 Å². The molecule has 1 unspecified atom stereocenters. The van der Waals surface area contributed by atoms with Crippen molar-refractivity contribution in [2.24, 2.45) is 5.73 Å². The summed E-state index contributed by atoms with van der Waals surface area (Å²) >= 11 is 0. The average Bonchev–Trinajstić information content (AvgIpc) is 2.78. The molecule has 1 heterocycles. The molecule has 0 bridgehead atoms. The van der Waals surface area contributed by atoms with Gasteiger partial charge in [0, 0.05) is 18.4 Å². The first kappa shape index (κ1) is 14.5. The van der Waals surface area contributed by atoms with Gasteiger partial charge >= 0.3 is 0 Å². The van der Waals surface area contributed by atoms with Crippen molar-refractivity contribution >= 4 is 0 Å². The molecule has 108 valence electrons. The number of aryl methyl sites for hydroxylation is 1. The smallest absolute Gasteiger partial charge is 0.165 e. The normalized spacial score (nSPS) is 12.4. The lowest BCUT2D eigenvalue weighted by Gasteiger charge is -2.14. The number of aromatic nitrogens is 2. The molecule has 1 aromatic carbocycles. The number of rotatable bonds is 6. The minimum absolute atomic E-state index is 0.0324. The van der Waals surface area contributed by atoms with Crippen molar-refractivity contribution in [1.29, 1.82) is 0 Å². The van der Waals surface area contributed by atoms with Crippen LogP contribution < -0.4 is 10.5 Å². The van der Waals surface area contributed by atoms with E-state index in [1.807, 2.05) is 30.7 Å². The van der Waals surface area contributed by atoms with E-state index in [4.69, 9.17) is 10.5 Å². The Balaban J connectivity index is 2.03. The van der Waals surface area contributed by atoms with Gasteiger partial charge in [0.05, 0.1) is 6.54 Å². The van der Waals surface area contributed by atoms with Crippen LogP contribution in [-0.2, 0) is 13.0 Å². The molecule has 1 atom stereocenters. The fourth-order valence-electron chi connectivity index (χ4n) is 2.11. The number of nitrogens with two attached hydrogens (primary N) is 1. The van der Waals surface area contributed by atoms with Crippen LogP contribution in [0.4, 0.5) is 4.39 Å². The van der Waals surface area contributed by atoms with Crippen LogP contribution in [0.15, 0.2) is 30.6 Å². The Morgan fingerprint density at radius 1 is 1.45 bits per heavy atom. The number of para-hydroxylation sites is 1. The summed E-state index contributed by atoms with van der Waals surface area (Å²) in [4.78, 5) is 4.13. The molecule has 0 aliphatic heterocycles. The van der Waals surface area contributed by atoms with Crippen molar-refractivity contribution in [2.75, 3.05) is 6.61 Å². The van der Waals surface area contributed by atoms with E-state index in [1.54, 1.807) is 12.3 Å². The third-order valence-corrected chi connectivity index (χ3v) is 3.09. The number of imidazole rings is 1. The van der Waals surface area contributed by atoms with Gasteiger partial charge in [-0.2, -0.15) is 0 Å². The van der Waals surface area contributed by atoms with E-state index >= 15 is 0 Å².